The van der Waals surface area contributed by atoms with Crippen molar-refractivity contribution in [2.45, 2.75) is 46.1 Å². The molecule has 0 aliphatic carbocycles. The van der Waals surface area contributed by atoms with E-state index in [0.29, 0.717) is 0 Å². The van der Waals surface area contributed by atoms with Gasteiger partial charge in [0.15, 0.2) is 0 Å². The highest BCUT2D eigenvalue weighted by molar-refractivity contribution is 5.78. The van der Waals surface area contributed by atoms with Crippen molar-refractivity contribution in [1.29, 1.82) is 0 Å². The Hall–Kier alpha value is -1.51. The molecule has 1 unspecified atom stereocenters. The number of benzene rings is 1. The SMILES string of the molecule is Cc1cc(C(C)(C)C)ccc1N(C)C(C)C(=O)O. The van der Waals surface area contributed by atoms with E-state index >= 15 is 0 Å². The maximum atomic E-state index is 11.0. The Kier molecular flexibility index (Phi) is 4.05. The molecule has 1 aromatic carbocycles. The summed E-state index contributed by atoms with van der Waals surface area (Å²) in [6.07, 6.45) is 0. The summed E-state index contributed by atoms with van der Waals surface area (Å²) in [5, 5.41) is 9.05. The first kappa shape index (κ1) is 14.6. The van der Waals surface area contributed by atoms with E-state index in [0.717, 1.165) is 11.3 Å². The van der Waals surface area contributed by atoms with Crippen molar-refractivity contribution in [2.24, 2.45) is 0 Å². The van der Waals surface area contributed by atoms with Gasteiger partial charge in [0.05, 0.1) is 0 Å². The summed E-state index contributed by atoms with van der Waals surface area (Å²) in [5.41, 5.74) is 3.45. The predicted molar refractivity (Wildman–Crippen MR) is 75.4 cm³/mol. The number of carboxylic acid groups (broad SMARTS) is 1. The third-order valence-corrected chi connectivity index (χ3v) is 3.38. The van der Waals surface area contributed by atoms with Crippen LogP contribution in [0.3, 0.4) is 0 Å². The first-order chi connectivity index (χ1) is 8.14. The van der Waals surface area contributed by atoms with Crippen LogP contribution in [0.2, 0.25) is 0 Å². The Balaban J connectivity index is 3.10. The van der Waals surface area contributed by atoms with Gasteiger partial charge in [0.25, 0.3) is 0 Å². The molecule has 18 heavy (non-hydrogen) atoms. The van der Waals surface area contributed by atoms with E-state index in [1.165, 1.54) is 5.56 Å². The van der Waals surface area contributed by atoms with Gasteiger partial charge in [-0.15, -0.1) is 0 Å². The zero-order valence-electron chi connectivity index (χ0n) is 12.1. The largest absolute Gasteiger partial charge is 0.480 e. The molecule has 1 rings (SSSR count). The number of likely N-dealkylation sites (N-methyl/N-ethyl adjacent to an activating group) is 1. The molecule has 0 aliphatic rings. The van der Waals surface area contributed by atoms with Crippen LogP contribution in [0.1, 0.15) is 38.8 Å². The van der Waals surface area contributed by atoms with E-state index < -0.39 is 12.0 Å². The highest BCUT2D eigenvalue weighted by atomic mass is 16.4. The van der Waals surface area contributed by atoms with Gasteiger partial charge in [0, 0.05) is 12.7 Å². The van der Waals surface area contributed by atoms with Crippen molar-refractivity contribution in [3.05, 3.63) is 29.3 Å². The molecule has 100 valence electrons. The van der Waals surface area contributed by atoms with Gasteiger partial charge in [-0.1, -0.05) is 32.9 Å². The Morgan fingerprint density at radius 2 is 1.89 bits per heavy atom. The summed E-state index contributed by atoms with van der Waals surface area (Å²) in [4.78, 5) is 12.8. The van der Waals surface area contributed by atoms with Crippen LogP contribution in [0, 0.1) is 6.92 Å². The van der Waals surface area contributed by atoms with E-state index in [4.69, 9.17) is 5.11 Å². The van der Waals surface area contributed by atoms with Gasteiger partial charge >= 0.3 is 5.97 Å². The molecule has 1 atom stereocenters. The molecule has 0 saturated heterocycles. The van der Waals surface area contributed by atoms with Crippen LogP contribution >= 0.6 is 0 Å². The zero-order chi connectivity index (χ0) is 14.1. The molecule has 0 aromatic heterocycles. The van der Waals surface area contributed by atoms with Gasteiger partial charge in [0.2, 0.25) is 0 Å². The summed E-state index contributed by atoms with van der Waals surface area (Å²) < 4.78 is 0. The fourth-order valence-electron chi connectivity index (χ4n) is 1.89. The lowest BCUT2D eigenvalue weighted by atomic mass is 9.86. The van der Waals surface area contributed by atoms with Gasteiger partial charge in [0.1, 0.15) is 6.04 Å². The fraction of sp³-hybridized carbons (Fsp3) is 0.533. The smallest absolute Gasteiger partial charge is 0.326 e. The number of nitrogens with zero attached hydrogens (tertiary/aromatic N) is 1. The highest BCUT2D eigenvalue weighted by Gasteiger charge is 2.20. The van der Waals surface area contributed by atoms with Gasteiger partial charge in [-0.3, -0.25) is 0 Å². The van der Waals surface area contributed by atoms with Crippen molar-refractivity contribution < 1.29 is 9.90 Å². The molecule has 0 aliphatic heterocycles. The van der Waals surface area contributed by atoms with Crippen molar-refractivity contribution in [3.63, 3.8) is 0 Å². The summed E-state index contributed by atoms with van der Waals surface area (Å²) in [6, 6.07) is 5.70. The summed E-state index contributed by atoms with van der Waals surface area (Å²) >= 11 is 0. The lowest BCUT2D eigenvalue weighted by Gasteiger charge is -2.27. The van der Waals surface area contributed by atoms with Gasteiger partial charge in [-0.05, 0) is 36.5 Å². The van der Waals surface area contributed by atoms with Crippen LogP contribution in [0.5, 0.6) is 0 Å². The topological polar surface area (TPSA) is 40.5 Å². The molecule has 3 nitrogen and oxygen atoms in total. The number of hydrogen-bond acceptors (Lipinski definition) is 2. The molecule has 0 spiro atoms. The number of carbonyl (C=O) groups is 1. The maximum Gasteiger partial charge on any atom is 0.326 e. The predicted octanol–water partition coefficient (Wildman–Crippen LogP) is 3.20. The van der Waals surface area contributed by atoms with Crippen LogP contribution in [0.4, 0.5) is 5.69 Å². The number of carboxylic acids is 1. The van der Waals surface area contributed by atoms with E-state index in [1.54, 1.807) is 11.8 Å². The molecule has 1 aromatic rings. The lowest BCUT2D eigenvalue weighted by molar-refractivity contribution is -0.138. The standard InChI is InChI=1S/C15H23NO2/c1-10-9-12(15(3,4)5)7-8-13(10)16(6)11(2)14(17)18/h7-9,11H,1-6H3,(H,17,18). The maximum absolute atomic E-state index is 11.0. The first-order valence-electron chi connectivity index (χ1n) is 6.21. The number of aryl methyl sites for hydroxylation is 1. The molecule has 0 amide bonds. The Morgan fingerprint density at radius 3 is 2.28 bits per heavy atom. The summed E-state index contributed by atoms with van der Waals surface area (Å²) in [5.74, 6) is -0.809. The van der Waals surface area contributed by atoms with E-state index in [-0.39, 0.29) is 5.41 Å². The molecule has 1 N–H and O–H groups in total. The van der Waals surface area contributed by atoms with Gasteiger partial charge in [-0.2, -0.15) is 0 Å². The Bertz CT molecular complexity index is 446. The summed E-state index contributed by atoms with van der Waals surface area (Å²) in [7, 11) is 1.82. The van der Waals surface area contributed by atoms with Gasteiger partial charge < -0.3 is 10.0 Å². The number of rotatable bonds is 3. The van der Waals surface area contributed by atoms with Crippen LogP contribution in [0.25, 0.3) is 0 Å². The molecule has 0 saturated carbocycles. The molecular weight excluding hydrogens is 226 g/mol. The van der Waals surface area contributed by atoms with Crippen molar-refractivity contribution in [2.75, 3.05) is 11.9 Å². The number of hydrogen-bond donors (Lipinski definition) is 1. The third-order valence-electron chi connectivity index (χ3n) is 3.38. The fourth-order valence-corrected chi connectivity index (χ4v) is 1.89. The minimum atomic E-state index is -0.809. The van der Waals surface area contributed by atoms with Crippen molar-refractivity contribution in [3.8, 4) is 0 Å². The lowest BCUT2D eigenvalue weighted by Crippen LogP contribution is -2.36. The summed E-state index contributed by atoms with van der Waals surface area (Å²) in [6.45, 7) is 10.2. The van der Waals surface area contributed by atoms with E-state index in [1.807, 2.05) is 20.0 Å². The van der Waals surface area contributed by atoms with E-state index in [2.05, 4.69) is 32.9 Å². The van der Waals surface area contributed by atoms with Crippen molar-refractivity contribution >= 4 is 11.7 Å². The Morgan fingerprint density at radius 1 is 1.33 bits per heavy atom. The molecule has 0 radical (unpaired) electrons. The number of aliphatic carboxylic acids is 1. The zero-order valence-corrected chi connectivity index (χ0v) is 12.1. The van der Waals surface area contributed by atoms with E-state index in [9.17, 15) is 4.79 Å². The third kappa shape index (κ3) is 3.03. The van der Waals surface area contributed by atoms with Gasteiger partial charge in [-0.25, -0.2) is 4.79 Å². The van der Waals surface area contributed by atoms with Crippen LogP contribution in [-0.2, 0) is 10.2 Å². The molecule has 3 heteroatoms. The second-order valence-corrected chi connectivity index (χ2v) is 5.88. The second-order valence-electron chi connectivity index (χ2n) is 5.88. The second kappa shape index (κ2) is 5.01. The monoisotopic (exact) mass is 249 g/mol. The molecule has 0 bridgehead atoms. The average molecular weight is 249 g/mol. The Labute approximate surface area is 109 Å². The van der Waals surface area contributed by atoms with Crippen LogP contribution in [-0.4, -0.2) is 24.2 Å². The minimum Gasteiger partial charge on any atom is -0.480 e. The van der Waals surface area contributed by atoms with Crippen LogP contribution in [0.15, 0.2) is 18.2 Å². The molecule has 0 heterocycles. The normalized spacial score (nSPS) is 13.2. The van der Waals surface area contributed by atoms with Crippen molar-refractivity contribution in [1.82, 2.24) is 0 Å². The molecule has 0 fully saturated rings. The quantitative estimate of drug-likeness (QED) is 0.894. The van der Waals surface area contributed by atoms with Crippen LogP contribution < -0.4 is 4.90 Å². The first-order valence-corrected chi connectivity index (χ1v) is 6.21. The minimum absolute atomic E-state index is 0.111. The number of anilines is 1. The average Bonchev–Trinajstić information content (AvgIpc) is 2.25. The highest BCUT2D eigenvalue weighted by Crippen LogP contribution is 2.28. The molecular formula is C15H23NO2.